The van der Waals surface area contributed by atoms with Gasteiger partial charge in [-0.05, 0) is 12.8 Å². The van der Waals surface area contributed by atoms with Gasteiger partial charge in [0.1, 0.15) is 5.54 Å². The topological polar surface area (TPSA) is 92.5 Å². The van der Waals surface area contributed by atoms with Crippen molar-refractivity contribution in [2.45, 2.75) is 24.6 Å². The first kappa shape index (κ1) is 15.4. The molecule has 1 fully saturated rings. The van der Waals surface area contributed by atoms with E-state index in [0.29, 0.717) is 6.07 Å². The molecule has 0 heterocycles. The number of alkyl halides is 3. The van der Waals surface area contributed by atoms with Crippen LogP contribution in [0.2, 0.25) is 5.02 Å². The van der Waals surface area contributed by atoms with Crippen molar-refractivity contribution in [2.75, 3.05) is 5.32 Å². The van der Waals surface area contributed by atoms with Crippen molar-refractivity contribution < 1.29 is 28.0 Å². The van der Waals surface area contributed by atoms with Crippen LogP contribution in [0.1, 0.15) is 23.2 Å². The fourth-order valence-electron chi connectivity index (χ4n) is 1.84. The molecule has 1 aliphatic rings. The van der Waals surface area contributed by atoms with Gasteiger partial charge in [-0.25, -0.2) is 4.79 Å². The maximum Gasteiger partial charge on any atom is 0.411 e. The number of carbonyl (C=O) groups is 1. The SMILES string of the molecule is O=C(O)c1cc([N+](=O)[O-])cc(Cl)c1NC1(C(F)(F)F)CC1. The Labute approximate surface area is 120 Å². The number of benzene rings is 1. The van der Waals surface area contributed by atoms with E-state index in [0.717, 1.165) is 6.07 Å². The Morgan fingerprint density at radius 2 is 2.00 bits per heavy atom. The molecule has 21 heavy (non-hydrogen) atoms. The number of aromatic carboxylic acids is 1. The molecule has 114 valence electrons. The summed E-state index contributed by atoms with van der Waals surface area (Å²) >= 11 is 5.71. The van der Waals surface area contributed by atoms with Crippen molar-refractivity contribution in [1.82, 2.24) is 0 Å². The van der Waals surface area contributed by atoms with E-state index in [2.05, 4.69) is 5.32 Å². The first-order chi connectivity index (χ1) is 9.57. The summed E-state index contributed by atoms with van der Waals surface area (Å²) in [5.74, 6) is -1.61. The van der Waals surface area contributed by atoms with Crippen molar-refractivity contribution in [1.29, 1.82) is 0 Å². The average molecular weight is 325 g/mol. The number of carboxylic acids is 1. The highest BCUT2D eigenvalue weighted by molar-refractivity contribution is 6.34. The van der Waals surface area contributed by atoms with E-state index in [4.69, 9.17) is 16.7 Å². The van der Waals surface area contributed by atoms with Crippen LogP contribution in [0.15, 0.2) is 12.1 Å². The molecule has 0 radical (unpaired) electrons. The molecular formula is C11H8ClF3N2O4. The number of anilines is 1. The molecule has 1 saturated carbocycles. The molecule has 6 nitrogen and oxygen atoms in total. The first-order valence-electron chi connectivity index (χ1n) is 5.63. The zero-order valence-corrected chi connectivity index (χ0v) is 11.0. The molecule has 2 rings (SSSR count). The third kappa shape index (κ3) is 2.73. The molecule has 2 N–H and O–H groups in total. The molecule has 10 heteroatoms. The summed E-state index contributed by atoms with van der Waals surface area (Å²) in [5.41, 5.74) is -3.98. The molecule has 0 atom stereocenters. The van der Waals surface area contributed by atoms with E-state index in [9.17, 15) is 28.1 Å². The lowest BCUT2D eigenvalue weighted by Gasteiger charge is -2.23. The minimum Gasteiger partial charge on any atom is -0.478 e. The molecule has 1 aromatic carbocycles. The molecule has 0 aliphatic heterocycles. The summed E-state index contributed by atoms with van der Waals surface area (Å²) in [7, 11) is 0. The summed E-state index contributed by atoms with van der Waals surface area (Å²) in [4.78, 5) is 20.9. The van der Waals surface area contributed by atoms with Crippen LogP contribution in [-0.4, -0.2) is 27.7 Å². The lowest BCUT2D eigenvalue weighted by atomic mass is 10.1. The number of nitrogens with one attached hydrogen (secondary N) is 1. The minimum absolute atomic E-state index is 0.219. The fraction of sp³-hybridized carbons (Fsp3) is 0.364. The zero-order valence-electron chi connectivity index (χ0n) is 10.2. The van der Waals surface area contributed by atoms with Crippen LogP contribution in [0.4, 0.5) is 24.5 Å². The van der Waals surface area contributed by atoms with Gasteiger partial charge in [-0.2, -0.15) is 13.2 Å². The van der Waals surface area contributed by atoms with E-state index in [1.807, 2.05) is 0 Å². The molecule has 0 bridgehead atoms. The maximum atomic E-state index is 12.9. The van der Waals surface area contributed by atoms with E-state index < -0.39 is 44.6 Å². The van der Waals surface area contributed by atoms with E-state index in [1.165, 1.54) is 0 Å². The molecule has 1 aromatic rings. The number of nitro groups is 1. The van der Waals surface area contributed by atoms with Crippen molar-refractivity contribution >= 4 is 28.9 Å². The Morgan fingerprint density at radius 1 is 1.43 bits per heavy atom. The Hall–Kier alpha value is -2.03. The predicted molar refractivity (Wildman–Crippen MR) is 66.7 cm³/mol. The van der Waals surface area contributed by atoms with Gasteiger partial charge in [0.05, 0.1) is 21.2 Å². The summed E-state index contributed by atoms with van der Waals surface area (Å²) in [5, 5.41) is 21.3. The smallest absolute Gasteiger partial charge is 0.411 e. The summed E-state index contributed by atoms with van der Waals surface area (Å²) in [6.07, 6.45) is -5.01. The van der Waals surface area contributed by atoms with E-state index >= 15 is 0 Å². The van der Waals surface area contributed by atoms with Crippen LogP contribution in [0.3, 0.4) is 0 Å². The third-order valence-corrected chi connectivity index (χ3v) is 3.47. The lowest BCUT2D eigenvalue weighted by molar-refractivity contribution is -0.384. The minimum atomic E-state index is -4.58. The third-order valence-electron chi connectivity index (χ3n) is 3.17. The highest BCUT2D eigenvalue weighted by atomic mass is 35.5. The van der Waals surface area contributed by atoms with Gasteiger partial charge in [0, 0.05) is 12.1 Å². The van der Waals surface area contributed by atoms with E-state index in [1.54, 1.807) is 0 Å². The Morgan fingerprint density at radius 3 is 2.38 bits per heavy atom. The van der Waals surface area contributed by atoms with Gasteiger partial charge in [0.25, 0.3) is 5.69 Å². The van der Waals surface area contributed by atoms with Crippen molar-refractivity contribution in [2.24, 2.45) is 0 Å². The molecule has 0 saturated heterocycles. The number of nitro benzene ring substituents is 1. The van der Waals surface area contributed by atoms with Gasteiger partial charge in [-0.15, -0.1) is 0 Å². The van der Waals surface area contributed by atoms with Crippen LogP contribution in [-0.2, 0) is 0 Å². The molecule has 0 amide bonds. The second-order valence-electron chi connectivity index (χ2n) is 4.62. The molecule has 0 spiro atoms. The van der Waals surface area contributed by atoms with Crippen LogP contribution in [0.25, 0.3) is 0 Å². The van der Waals surface area contributed by atoms with Crippen LogP contribution in [0.5, 0.6) is 0 Å². The number of carboxylic acid groups (broad SMARTS) is 1. The van der Waals surface area contributed by atoms with Crippen LogP contribution >= 0.6 is 11.6 Å². The van der Waals surface area contributed by atoms with Crippen molar-refractivity contribution in [3.63, 3.8) is 0 Å². The lowest BCUT2D eigenvalue weighted by Crippen LogP contribution is -2.39. The number of nitrogens with zero attached hydrogens (tertiary/aromatic N) is 1. The predicted octanol–water partition coefficient (Wildman–Crippen LogP) is 3.45. The standard InChI is InChI=1S/C11H8ClF3N2O4/c12-7-4-5(17(20)21)3-6(9(18)19)8(7)16-10(1-2-10)11(13,14)15/h3-4,16H,1-2H2,(H,18,19). The van der Waals surface area contributed by atoms with Crippen LogP contribution in [0, 0.1) is 10.1 Å². The normalized spacial score (nSPS) is 16.4. The highest BCUT2D eigenvalue weighted by Crippen LogP contribution is 2.52. The highest BCUT2D eigenvalue weighted by Gasteiger charge is 2.63. The molecular weight excluding hydrogens is 317 g/mol. The van der Waals surface area contributed by atoms with Gasteiger partial charge in [-0.3, -0.25) is 10.1 Å². The largest absolute Gasteiger partial charge is 0.478 e. The maximum absolute atomic E-state index is 12.9. The van der Waals surface area contributed by atoms with Crippen molar-refractivity contribution in [3.05, 3.63) is 32.8 Å². The van der Waals surface area contributed by atoms with Gasteiger partial charge >= 0.3 is 12.1 Å². The Kier molecular flexibility index (Phi) is 3.48. The summed E-state index contributed by atoms with van der Waals surface area (Å²) in [6, 6.07) is 1.48. The monoisotopic (exact) mass is 324 g/mol. The molecule has 0 aromatic heterocycles. The second-order valence-corrected chi connectivity index (χ2v) is 5.02. The molecule has 0 unspecified atom stereocenters. The number of hydrogen-bond acceptors (Lipinski definition) is 4. The van der Waals surface area contributed by atoms with E-state index in [-0.39, 0.29) is 12.8 Å². The van der Waals surface area contributed by atoms with Gasteiger partial charge in [-0.1, -0.05) is 11.6 Å². The molecule has 1 aliphatic carbocycles. The van der Waals surface area contributed by atoms with Crippen molar-refractivity contribution in [3.8, 4) is 0 Å². The average Bonchev–Trinajstić information content (AvgIpc) is 3.11. The number of non-ortho nitro benzene ring substituents is 1. The first-order valence-corrected chi connectivity index (χ1v) is 6.01. The van der Waals surface area contributed by atoms with Gasteiger partial charge in [0.2, 0.25) is 0 Å². The van der Waals surface area contributed by atoms with Crippen LogP contribution < -0.4 is 5.32 Å². The van der Waals surface area contributed by atoms with Gasteiger partial charge in [0.15, 0.2) is 0 Å². The Bertz CT molecular complexity index is 629. The summed E-state index contributed by atoms with van der Waals surface area (Å²) in [6.45, 7) is 0. The zero-order chi connectivity index (χ0) is 16.0. The number of rotatable bonds is 4. The number of hydrogen-bond donors (Lipinski definition) is 2. The Balaban J connectivity index is 2.49. The summed E-state index contributed by atoms with van der Waals surface area (Å²) < 4.78 is 38.7. The quantitative estimate of drug-likeness (QED) is 0.653. The number of halogens is 4. The second kappa shape index (κ2) is 4.76. The van der Waals surface area contributed by atoms with Gasteiger partial charge < -0.3 is 10.4 Å². The fourth-order valence-corrected chi connectivity index (χ4v) is 2.10.